The summed E-state index contributed by atoms with van der Waals surface area (Å²) in [6.07, 6.45) is 4.42. The fourth-order valence-corrected chi connectivity index (χ4v) is 2.82. The molecule has 0 fully saturated rings. The third-order valence-corrected chi connectivity index (χ3v) is 4.35. The van der Waals surface area contributed by atoms with E-state index < -0.39 is 11.4 Å². The minimum atomic E-state index is -0.858. The number of carboxylic acid groups (broad SMARTS) is 1. The van der Waals surface area contributed by atoms with Crippen molar-refractivity contribution in [2.24, 2.45) is 0 Å². The van der Waals surface area contributed by atoms with Gasteiger partial charge in [-0.05, 0) is 37.0 Å². The zero-order valence-electron chi connectivity index (χ0n) is 10.0. The molecule has 1 aliphatic carbocycles. The first-order valence-electron chi connectivity index (χ1n) is 5.84. The van der Waals surface area contributed by atoms with E-state index >= 15 is 0 Å². The van der Waals surface area contributed by atoms with Gasteiger partial charge in [-0.15, -0.1) is 0 Å². The molecule has 0 heterocycles. The summed E-state index contributed by atoms with van der Waals surface area (Å²) in [5, 5.41) is 10.3. The lowest BCUT2D eigenvalue weighted by Crippen LogP contribution is -2.31. The summed E-state index contributed by atoms with van der Waals surface area (Å²) in [5.74, 6) is -0.858. The molecule has 0 aliphatic heterocycles. The van der Waals surface area contributed by atoms with Crippen molar-refractivity contribution < 1.29 is 9.90 Å². The van der Waals surface area contributed by atoms with Crippen molar-refractivity contribution >= 4 is 29.2 Å². The molecule has 2 rings (SSSR count). The maximum atomic E-state index is 11.4. The molecule has 0 saturated heterocycles. The van der Waals surface area contributed by atoms with Crippen LogP contribution in [0.3, 0.4) is 0 Å². The van der Waals surface area contributed by atoms with Gasteiger partial charge in [0.15, 0.2) is 0 Å². The van der Waals surface area contributed by atoms with Gasteiger partial charge < -0.3 is 5.11 Å². The Bertz CT molecular complexity index is 523. The van der Waals surface area contributed by atoms with Crippen molar-refractivity contribution in [2.45, 2.75) is 31.6 Å². The second-order valence-corrected chi connectivity index (χ2v) is 5.59. The van der Waals surface area contributed by atoms with Crippen LogP contribution < -0.4 is 0 Å². The van der Waals surface area contributed by atoms with Crippen LogP contribution in [0.5, 0.6) is 0 Å². The van der Waals surface area contributed by atoms with E-state index in [1.165, 1.54) is 0 Å². The highest BCUT2D eigenvalue weighted by molar-refractivity contribution is 6.42. The number of carboxylic acids is 1. The normalized spacial score (nSPS) is 23.6. The number of aliphatic carboxylic acids is 1. The summed E-state index contributed by atoms with van der Waals surface area (Å²) in [4.78, 5) is 11.4. The fourth-order valence-electron chi connectivity index (χ4n) is 2.52. The van der Waals surface area contributed by atoms with Gasteiger partial charge in [-0.2, -0.15) is 0 Å². The minimum absolute atomic E-state index is 0.451. The van der Waals surface area contributed by atoms with Crippen molar-refractivity contribution in [3.05, 3.63) is 45.5 Å². The summed E-state index contributed by atoms with van der Waals surface area (Å²) < 4.78 is 0. The SMILES string of the molecule is C[C@@]1(c2ccc(Cl)c(Cl)c2)CCCC=C1C(=O)O. The summed E-state index contributed by atoms with van der Waals surface area (Å²) >= 11 is 11.9. The molecule has 1 aliphatic rings. The lowest BCUT2D eigenvalue weighted by molar-refractivity contribution is -0.133. The van der Waals surface area contributed by atoms with Gasteiger partial charge in [-0.3, -0.25) is 0 Å². The van der Waals surface area contributed by atoms with Crippen LogP contribution in [0.2, 0.25) is 10.0 Å². The molecule has 0 radical (unpaired) electrons. The first-order valence-corrected chi connectivity index (χ1v) is 6.60. The zero-order valence-corrected chi connectivity index (χ0v) is 11.6. The second-order valence-electron chi connectivity index (χ2n) is 4.78. The van der Waals surface area contributed by atoms with E-state index in [4.69, 9.17) is 23.2 Å². The first kappa shape index (κ1) is 13.4. The Hall–Kier alpha value is -0.990. The van der Waals surface area contributed by atoms with Gasteiger partial charge in [0.1, 0.15) is 0 Å². The van der Waals surface area contributed by atoms with Crippen molar-refractivity contribution in [1.29, 1.82) is 0 Å². The largest absolute Gasteiger partial charge is 0.478 e. The van der Waals surface area contributed by atoms with E-state index in [1.54, 1.807) is 12.1 Å². The Morgan fingerprint density at radius 2 is 2.06 bits per heavy atom. The Morgan fingerprint density at radius 1 is 1.33 bits per heavy atom. The Kier molecular flexibility index (Phi) is 3.69. The Morgan fingerprint density at radius 3 is 2.67 bits per heavy atom. The third-order valence-electron chi connectivity index (χ3n) is 3.61. The van der Waals surface area contributed by atoms with E-state index in [-0.39, 0.29) is 0 Å². The predicted octanol–water partition coefficient (Wildman–Crippen LogP) is 4.45. The van der Waals surface area contributed by atoms with Gasteiger partial charge in [0.25, 0.3) is 0 Å². The molecule has 1 atom stereocenters. The number of carbonyl (C=O) groups is 1. The van der Waals surface area contributed by atoms with Gasteiger partial charge in [-0.25, -0.2) is 4.79 Å². The number of hydrogen-bond donors (Lipinski definition) is 1. The molecule has 0 unspecified atom stereocenters. The number of rotatable bonds is 2. The van der Waals surface area contributed by atoms with Gasteiger partial charge in [-0.1, -0.05) is 42.3 Å². The van der Waals surface area contributed by atoms with Crippen molar-refractivity contribution in [2.75, 3.05) is 0 Å². The monoisotopic (exact) mass is 284 g/mol. The summed E-state index contributed by atoms with van der Waals surface area (Å²) in [6.45, 7) is 1.95. The number of benzene rings is 1. The highest BCUT2D eigenvalue weighted by Crippen LogP contribution is 2.42. The average Bonchev–Trinajstić information content (AvgIpc) is 2.32. The van der Waals surface area contributed by atoms with E-state index in [2.05, 4.69) is 0 Å². The summed E-state index contributed by atoms with van der Waals surface area (Å²) in [6, 6.07) is 5.35. The molecular weight excluding hydrogens is 271 g/mol. The third kappa shape index (κ3) is 2.27. The molecule has 18 heavy (non-hydrogen) atoms. The van der Waals surface area contributed by atoms with Crippen LogP contribution in [0.15, 0.2) is 29.8 Å². The van der Waals surface area contributed by atoms with Gasteiger partial charge in [0.05, 0.1) is 10.0 Å². The smallest absolute Gasteiger partial charge is 0.332 e. The summed E-state index contributed by atoms with van der Waals surface area (Å²) in [7, 11) is 0. The van der Waals surface area contributed by atoms with E-state index in [0.29, 0.717) is 15.6 Å². The molecule has 96 valence electrons. The highest BCUT2D eigenvalue weighted by Gasteiger charge is 2.36. The van der Waals surface area contributed by atoms with Crippen LogP contribution in [0.4, 0.5) is 0 Å². The highest BCUT2D eigenvalue weighted by atomic mass is 35.5. The Balaban J connectivity index is 2.51. The maximum Gasteiger partial charge on any atom is 0.332 e. The van der Waals surface area contributed by atoms with Crippen LogP contribution in [0.1, 0.15) is 31.7 Å². The minimum Gasteiger partial charge on any atom is -0.478 e. The van der Waals surface area contributed by atoms with Gasteiger partial charge in [0.2, 0.25) is 0 Å². The molecule has 1 N–H and O–H groups in total. The average molecular weight is 285 g/mol. The molecule has 0 aromatic heterocycles. The number of allylic oxidation sites excluding steroid dienone is 1. The summed E-state index contributed by atoms with van der Waals surface area (Å²) in [5.41, 5.74) is 0.871. The molecule has 4 heteroatoms. The molecule has 0 spiro atoms. The van der Waals surface area contributed by atoms with Crippen LogP contribution in [0, 0.1) is 0 Å². The molecular formula is C14H14Cl2O2. The zero-order chi connectivity index (χ0) is 13.3. The molecule has 0 saturated carbocycles. The quantitative estimate of drug-likeness (QED) is 0.871. The van der Waals surface area contributed by atoms with Gasteiger partial charge in [0, 0.05) is 11.0 Å². The van der Waals surface area contributed by atoms with E-state index in [9.17, 15) is 9.90 Å². The molecule has 2 nitrogen and oxygen atoms in total. The second kappa shape index (κ2) is 4.94. The Labute approximate surface area is 116 Å². The van der Waals surface area contributed by atoms with Crippen molar-refractivity contribution in [1.82, 2.24) is 0 Å². The van der Waals surface area contributed by atoms with E-state index in [1.807, 2.05) is 19.1 Å². The standard InChI is InChI=1S/C14H14Cl2O2/c1-14(7-3-2-4-10(14)13(17)18)9-5-6-11(15)12(16)8-9/h4-6,8H,2-3,7H2,1H3,(H,17,18)/t14-/m0/s1. The van der Waals surface area contributed by atoms with Crippen molar-refractivity contribution in [3.8, 4) is 0 Å². The van der Waals surface area contributed by atoms with Crippen LogP contribution >= 0.6 is 23.2 Å². The molecule has 1 aromatic rings. The lowest BCUT2D eigenvalue weighted by Gasteiger charge is -2.34. The number of hydrogen-bond acceptors (Lipinski definition) is 1. The molecule has 0 bridgehead atoms. The van der Waals surface area contributed by atoms with Gasteiger partial charge >= 0.3 is 5.97 Å². The van der Waals surface area contributed by atoms with Crippen LogP contribution in [-0.2, 0) is 10.2 Å². The molecule has 1 aromatic carbocycles. The fraction of sp³-hybridized carbons (Fsp3) is 0.357. The lowest BCUT2D eigenvalue weighted by atomic mass is 9.69. The number of halogens is 2. The van der Waals surface area contributed by atoms with Crippen LogP contribution in [-0.4, -0.2) is 11.1 Å². The van der Waals surface area contributed by atoms with Crippen LogP contribution in [0.25, 0.3) is 0 Å². The maximum absolute atomic E-state index is 11.4. The molecule has 0 amide bonds. The van der Waals surface area contributed by atoms with Crippen molar-refractivity contribution in [3.63, 3.8) is 0 Å². The predicted molar refractivity (Wildman–Crippen MR) is 73.4 cm³/mol. The first-order chi connectivity index (χ1) is 8.45. The van der Waals surface area contributed by atoms with E-state index in [0.717, 1.165) is 24.8 Å². The topological polar surface area (TPSA) is 37.3 Å².